The van der Waals surface area contributed by atoms with Crippen molar-refractivity contribution in [1.82, 2.24) is 0 Å². The van der Waals surface area contributed by atoms with E-state index in [0.29, 0.717) is 17.9 Å². The predicted molar refractivity (Wildman–Crippen MR) is 73.1 cm³/mol. The molecule has 0 saturated carbocycles. The molecule has 2 N–H and O–H groups in total. The Bertz CT molecular complexity index is 445. The number of rotatable bonds is 2. The summed E-state index contributed by atoms with van der Waals surface area (Å²) in [6.45, 7) is 6.08. The van der Waals surface area contributed by atoms with Crippen molar-refractivity contribution >= 4 is 17.2 Å². The highest BCUT2D eigenvalue weighted by atomic mass is 16.5. The average Bonchev–Trinajstić information content (AvgIpc) is 2.54. The average molecular weight is 248 g/mol. The summed E-state index contributed by atoms with van der Waals surface area (Å²) in [6, 6.07) is 5.75. The third-order valence-electron chi connectivity index (χ3n) is 3.33. The van der Waals surface area contributed by atoms with Crippen LogP contribution in [0.25, 0.3) is 0 Å². The Morgan fingerprint density at radius 2 is 2.28 bits per heavy atom. The lowest BCUT2D eigenvalue weighted by Gasteiger charge is -2.30. The second-order valence-electron chi connectivity index (χ2n) is 4.80. The first-order valence-corrected chi connectivity index (χ1v) is 6.34. The summed E-state index contributed by atoms with van der Waals surface area (Å²) < 4.78 is 5.53. The molecule has 0 aliphatic carbocycles. The number of ketones is 1. The molecule has 4 nitrogen and oxygen atoms in total. The third kappa shape index (κ3) is 2.64. The van der Waals surface area contributed by atoms with Gasteiger partial charge in [0.1, 0.15) is 0 Å². The fourth-order valence-electron chi connectivity index (χ4n) is 2.27. The van der Waals surface area contributed by atoms with E-state index in [-0.39, 0.29) is 11.8 Å². The molecule has 1 atom stereocenters. The Morgan fingerprint density at radius 3 is 3.00 bits per heavy atom. The summed E-state index contributed by atoms with van der Waals surface area (Å²) >= 11 is 0. The van der Waals surface area contributed by atoms with Gasteiger partial charge in [-0.05, 0) is 38.5 Å². The second kappa shape index (κ2) is 5.40. The number of carbonyl (C=O) groups excluding carboxylic acids is 1. The number of nitrogens with two attached hydrogens (primary N) is 1. The van der Waals surface area contributed by atoms with E-state index < -0.39 is 0 Å². The van der Waals surface area contributed by atoms with Gasteiger partial charge < -0.3 is 15.4 Å². The molecular formula is C14H20N2O2. The molecule has 0 radical (unpaired) electrons. The number of anilines is 2. The number of hydrogen-bond acceptors (Lipinski definition) is 4. The highest BCUT2D eigenvalue weighted by molar-refractivity contribution is 5.96. The lowest BCUT2D eigenvalue weighted by Crippen LogP contribution is -2.35. The number of Topliss-reactive ketones (excluding diaryl/α,β-unsaturated/α-hetero) is 1. The maximum atomic E-state index is 11.5. The van der Waals surface area contributed by atoms with Crippen LogP contribution in [0, 0.1) is 0 Å². The van der Waals surface area contributed by atoms with Crippen LogP contribution in [0.2, 0.25) is 0 Å². The molecule has 1 aromatic carbocycles. The minimum absolute atomic E-state index is 0.0648. The van der Waals surface area contributed by atoms with Crippen LogP contribution in [0.15, 0.2) is 18.2 Å². The Balaban J connectivity index is 2.35. The smallest absolute Gasteiger partial charge is 0.159 e. The molecule has 1 unspecified atom stereocenters. The molecule has 0 amide bonds. The number of benzene rings is 1. The first kappa shape index (κ1) is 12.9. The maximum absolute atomic E-state index is 11.5. The van der Waals surface area contributed by atoms with E-state index in [1.807, 2.05) is 12.1 Å². The minimum Gasteiger partial charge on any atom is -0.397 e. The molecule has 2 rings (SSSR count). The molecule has 1 aliphatic rings. The molecule has 1 heterocycles. The summed E-state index contributed by atoms with van der Waals surface area (Å²) in [7, 11) is 0. The molecule has 18 heavy (non-hydrogen) atoms. The summed E-state index contributed by atoms with van der Waals surface area (Å²) in [5.74, 6) is 0.0648. The normalized spacial score (nSPS) is 20.6. The zero-order chi connectivity index (χ0) is 13.1. The van der Waals surface area contributed by atoms with Crippen LogP contribution in [0.4, 0.5) is 11.4 Å². The van der Waals surface area contributed by atoms with E-state index in [4.69, 9.17) is 10.5 Å². The highest BCUT2D eigenvalue weighted by Crippen LogP contribution is 2.28. The van der Waals surface area contributed by atoms with Crippen LogP contribution in [-0.2, 0) is 4.74 Å². The van der Waals surface area contributed by atoms with E-state index in [2.05, 4.69) is 11.8 Å². The van der Waals surface area contributed by atoms with Crippen molar-refractivity contribution < 1.29 is 9.53 Å². The van der Waals surface area contributed by atoms with Crippen molar-refractivity contribution in [3.63, 3.8) is 0 Å². The van der Waals surface area contributed by atoms with Crippen LogP contribution < -0.4 is 10.6 Å². The van der Waals surface area contributed by atoms with Crippen molar-refractivity contribution in [2.45, 2.75) is 26.3 Å². The fraction of sp³-hybridized carbons (Fsp3) is 0.500. The van der Waals surface area contributed by atoms with Crippen molar-refractivity contribution in [2.24, 2.45) is 0 Å². The Labute approximate surface area is 108 Å². The van der Waals surface area contributed by atoms with E-state index in [1.165, 1.54) is 0 Å². The molecule has 1 fully saturated rings. The van der Waals surface area contributed by atoms with Gasteiger partial charge in [-0.25, -0.2) is 0 Å². The van der Waals surface area contributed by atoms with E-state index in [0.717, 1.165) is 25.3 Å². The van der Waals surface area contributed by atoms with Crippen molar-refractivity contribution in [2.75, 3.05) is 30.4 Å². The molecule has 0 aromatic heterocycles. The first-order chi connectivity index (χ1) is 8.59. The summed E-state index contributed by atoms with van der Waals surface area (Å²) in [5, 5.41) is 0. The van der Waals surface area contributed by atoms with E-state index in [1.54, 1.807) is 13.0 Å². The van der Waals surface area contributed by atoms with Crippen molar-refractivity contribution in [3.05, 3.63) is 23.8 Å². The van der Waals surface area contributed by atoms with Gasteiger partial charge >= 0.3 is 0 Å². The molecule has 98 valence electrons. The molecule has 1 saturated heterocycles. The predicted octanol–water partition coefficient (Wildman–Crippen LogP) is 2.09. The third-order valence-corrected chi connectivity index (χ3v) is 3.33. The SMILES string of the molecule is CC(=O)c1ccc(N)c(N2CCCOCC2C)c1. The summed E-state index contributed by atoms with van der Waals surface area (Å²) in [4.78, 5) is 13.7. The molecular weight excluding hydrogens is 228 g/mol. The minimum atomic E-state index is 0.0648. The largest absolute Gasteiger partial charge is 0.397 e. The van der Waals surface area contributed by atoms with Crippen LogP contribution in [0.5, 0.6) is 0 Å². The van der Waals surface area contributed by atoms with Gasteiger partial charge in [-0.2, -0.15) is 0 Å². The van der Waals surface area contributed by atoms with Gasteiger partial charge in [-0.15, -0.1) is 0 Å². The molecule has 4 heteroatoms. The van der Waals surface area contributed by atoms with Crippen molar-refractivity contribution in [3.8, 4) is 0 Å². The number of hydrogen-bond donors (Lipinski definition) is 1. The zero-order valence-corrected chi connectivity index (χ0v) is 11.0. The lowest BCUT2D eigenvalue weighted by atomic mass is 10.1. The zero-order valence-electron chi connectivity index (χ0n) is 11.0. The van der Waals surface area contributed by atoms with Crippen molar-refractivity contribution in [1.29, 1.82) is 0 Å². The standard InChI is InChI=1S/C14H20N2O2/c1-10-9-18-7-3-6-16(10)14-8-12(11(2)17)4-5-13(14)15/h4-5,8,10H,3,6-7,9,15H2,1-2H3. The van der Waals surface area contributed by atoms with E-state index in [9.17, 15) is 4.79 Å². The Kier molecular flexibility index (Phi) is 3.87. The topological polar surface area (TPSA) is 55.6 Å². The number of nitrogens with zero attached hydrogens (tertiary/aromatic N) is 1. The van der Waals surface area contributed by atoms with Gasteiger partial charge in [0.15, 0.2) is 5.78 Å². The maximum Gasteiger partial charge on any atom is 0.159 e. The van der Waals surface area contributed by atoms with Gasteiger partial charge in [-0.1, -0.05) is 0 Å². The number of nitrogen functional groups attached to an aromatic ring is 1. The van der Waals surface area contributed by atoms with Crippen LogP contribution in [0.1, 0.15) is 30.6 Å². The molecule has 1 aliphatic heterocycles. The molecule has 0 spiro atoms. The first-order valence-electron chi connectivity index (χ1n) is 6.34. The quantitative estimate of drug-likeness (QED) is 0.643. The van der Waals surface area contributed by atoms with Gasteiger partial charge in [0.25, 0.3) is 0 Å². The monoisotopic (exact) mass is 248 g/mol. The number of ether oxygens (including phenoxy) is 1. The lowest BCUT2D eigenvalue weighted by molar-refractivity contribution is 0.101. The highest BCUT2D eigenvalue weighted by Gasteiger charge is 2.20. The van der Waals surface area contributed by atoms with Gasteiger partial charge in [0, 0.05) is 24.8 Å². The summed E-state index contributed by atoms with van der Waals surface area (Å²) in [5.41, 5.74) is 8.41. The van der Waals surface area contributed by atoms with E-state index >= 15 is 0 Å². The van der Waals surface area contributed by atoms with Gasteiger partial charge in [0.05, 0.1) is 18.0 Å². The molecule has 0 bridgehead atoms. The number of carbonyl (C=O) groups is 1. The molecule has 1 aromatic rings. The van der Waals surface area contributed by atoms with Gasteiger partial charge in [0.2, 0.25) is 0 Å². The van der Waals surface area contributed by atoms with Gasteiger partial charge in [-0.3, -0.25) is 4.79 Å². The van der Waals surface area contributed by atoms with Crippen LogP contribution in [0.3, 0.4) is 0 Å². The Hall–Kier alpha value is -1.55. The van der Waals surface area contributed by atoms with Crippen LogP contribution in [-0.4, -0.2) is 31.6 Å². The second-order valence-corrected chi connectivity index (χ2v) is 4.80. The fourth-order valence-corrected chi connectivity index (χ4v) is 2.27. The Morgan fingerprint density at radius 1 is 1.50 bits per heavy atom. The summed E-state index contributed by atoms with van der Waals surface area (Å²) in [6.07, 6.45) is 0.980. The van der Waals surface area contributed by atoms with Crippen LogP contribution >= 0.6 is 0 Å².